The van der Waals surface area contributed by atoms with Crippen LogP contribution in [0.3, 0.4) is 0 Å². The van der Waals surface area contributed by atoms with Gasteiger partial charge < -0.3 is 5.32 Å². The SMILES string of the molecule is O=C(CC(c1ccccc1)c1ccccc1)NCc1cc2ccccn2n1. The van der Waals surface area contributed by atoms with Gasteiger partial charge in [0, 0.05) is 18.5 Å². The summed E-state index contributed by atoms with van der Waals surface area (Å²) in [4.78, 5) is 12.6. The second-order valence-electron chi connectivity index (χ2n) is 6.56. The van der Waals surface area contributed by atoms with Crippen molar-refractivity contribution in [1.29, 1.82) is 0 Å². The van der Waals surface area contributed by atoms with Crippen LogP contribution >= 0.6 is 0 Å². The van der Waals surface area contributed by atoms with E-state index in [9.17, 15) is 4.79 Å². The van der Waals surface area contributed by atoms with Gasteiger partial charge in [0.05, 0.1) is 17.8 Å². The molecule has 4 nitrogen and oxygen atoms in total. The second-order valence-corrected chi connectivity index (χ2v) is 6.56. The van der Waals surface area contributed by atoms with Crippen molar-refractivity contribution in [3.8, 4) is 0 Å². The Labute approximate surface area is 158 Å². The van der Waals surface area contributed by atoms with E-state index in [1.54, 1.807) is 0 Å². The van der Waals surface area contributed by atoms with Crippen LogP contribution in [-0.2, 0) is 11.3 Å². The van der Waals surface area contributed by atoms with Crippen molar-refractivity contribution >= 4 is 11.4 Å². The van der Waals surface area contributed by atoms with Crippen LogP contribution in [0.25, 0.3) is 5.52 Å². The fraction of sp³-hybridized carbons (Fsp3) is 0.130. The lowest BCUT2D eigenvalue weighted by Gasteiger charge is -2.17. The molecule has 0 aliphatic carbocycles. The quantitative estimate of drug-likeness (QED) is 0.564. The maximum Gasteiger partial charge on any atom is 0.221 e. The van der Waals surface area contributed by atoms with Crippen LogP contribution in [-0.4, -0.2) is 15.5 Å². The first-order valence-electron chi connectivity index (χ1n) is 9.09. The summed E-state index contributed by atoms with van der Waals surface area (Å²) in [6, 6.07) is 28.3. The zero-order valence-electron chi connectivity index (χ0n) is 15.0. The van der Waals surface area contributed by atoms with Gasteiger partial charge in [0.2, 0.25) is 5.91 Å². The van der Waals surface area contributed by atoms with E-state index in [0.29, 0.717) is 13.0 Å². The number of benzene rings is 2. The van der Waals surface area contributed by atoms with E-state index in [1.807, 2.05) is 71.4 Å². The normalized spacial score (nSPS) is 11.0. The van der Waals surface area contributed by atoms with Crippen LogP contribution in [0.1, 0.15) is 29.2 Å². The number of hydrogen-bond acceptors (Lipinski definition) is 2. The molecule has 27 heavy (non-hydrogen) atoms. The summed E-state index contributed by atoms with van der Waals surface area (Å²) in [5.74, 6) is 0.0539. The number of hydrogen-bond donors (Lipinski definition) is 1. The number of carbonyl (C=O) groups is 1. The standard InChI is InChI=1S/C23H21N3O/c27-23(24-17-20-15-21-13-7-8-14-26(21)25-20)16-22(18-9-3-1-4-10-18)19-11-5-2-6-12-19/h1-15,22H,16-17H2,(H,24,27). The van der Waals surface area contributed by atoms with Gasteiger partial charge >= 0.3 is 0 Å². The molecule has 2 heterocycles. The molecule has 0 saturated heterocycles. The predicted octanol–water partition coefficient (Wildman–Crippen LogP) is 4.17. The third-order valence-corrected chi connectivity index (χ3v) is 4.68. The zero-order valence-corrected chi connectivity index (χ0v) is 15.0. The fourth-order valence-corrected chi connectivity index (χ4v) is 3.32. The summed E-state index contributed by atoms with van der Waals surface area (Å²) in [7, 11) is 0. The molecule has 2 aromatic carbocycles. The van der Waals surface area contributed by atoms with Crippen molar-refractivity contribution in [3.05, 3.63) is 108 Å². The van der Waals surface area contributed by atoms with Crippen LogP contribution in [0.4, 0.5) is 0 Å². The first-order chi connectivity index (χ1) is 13.3. The van der Waals surface area contributed by atoms with Crippen molar-refractivity contribution in [2.45, 2.75) is 18.9 Å². The highest BCUT2D eigenvalue weighted by Gasteiger charge is 2.18. The molecule has 4 aromatic rings. The highest BCUT2D eigenvalue weighted by Crippen LogP contribution is 2.27. The molecule has 134 valence electrons. The second kappa shape index (κ2) is 7.87. The van der Waals surface area contributed by atoms with Crippen molar-refractivity contribution in [1.82, 2.24) is 14.9 Å². The Morgan fingerprint density at radius 1 is 0.889 bits per heavy atom. The lowest BCUT2D eigenvalue weighted by molar-refractivity contribution is -0.121. The van der Waals surface area contributed by atoms with Gasteiger partial charge in [-0.15, -0.1) is 0 Å². The van der Waals surface area contributed by atoms with Gasteiger partial charge in [0.1, 0.15) is 0 Å². The molecule has 4 heteroatoms. The molecule has 0 aliphatic heterocycles. The van der Waals surface area contributed by atoms with Crippen LogP contribution in [0.15, 0.2) is 91.1 Å². The minimum atomic E-state index is 0.0183. The number of aromatic nitrogens is 2. The Morgan fingerprint density at radius 2 is 1.52 bits per heavy atom. The van der Waals surface area contributed by atoms with E-state index in [1.165, 1.54) is 0 Å². The summed E-state index contributed by atoms with van der Waals surface area (Å²) in [5.41, 5.74) is 4.16. The molecule has 0 atom stereocenters. The molecule has 2 aromatic heterocycles. The Hall–Kier alpha value is -3.40. The minimum absolute atomic E-state index is 0.0183. The molecule has 0 fully saturated rings. The van der Waals surface area contributed by atoms with Crippen LogP contribution in [0, 0.1) is 0 Å². The summed E-state index contributed by atoms with van der Waals surface area (Å²) < 4.78 is 1.82. The Balaban J connectivity index is 1.47. The number of nitrogens with one attached hydrogen (secondary N) is 1. The van der Waals surface area contributed by atoms with Gasteiger partial charge in [-0.05, 0) is 29.3 Å². The van der Waals surface area contributed by atoms with Crippen LogP contribution < -0.4 is 5.32 Å². The molecule has 1 N–H and O–H groups in total. The minimum Gasteiger partial charge on any atom is -0.350 e. The molecular weight excluding hydrogens is 334 g/mol. The van der Waals surface area contributed by atoms with Crippen LogP contribution in [0.2, 0.25) is 0 Å². The Morgan fingerprint density at radius 3 is 2.15 bits per heavy atom. The largest absolute Gasteiger partial charge is 0.350 e. The van der Waals surface area contributed by atoms with Crippen molar-refractivity contribution in [2.75, 3.05) is 0 Å². The number of pyridine rings is 1. The first kappa shape index (κ1) is 17.0. The predicted molar refractivity (Wildman–Crippen MR) is 106 cm³/mol. The molecule has 1 amide bonds. The van der Waals surface area contributed by atoms with E-state index in [0.717, 1.165) is 22.3 Å². The summed E-state index contributed by atoms with van der Waals surface area (Å²) >= 11 is 0. The smallest absolute Gasteiger partial charge is 0.221 e. The number of amides is 1. The van der Waals surface area contributed by atoms with Gasteiger partial charge in [-0.3, -0.25) is 4.79 Å². The lowest BCUT2D eigenvalue weighted by atomic mass is 9.88. The summed E-state index contributed by atoms with van der Waals surface area (Å²) in [6.07, 6.45) is 2.31. The molecule has 0 unspecified atom stereocenters. The van der Waals surface area contributed by atoms with Crippen molar-refractivity contribution < 1.29 is 4.79 Å². The highest BCUT2D eigenvalue weighted by atomic mass is 16.1. The summed E-state index contributed by atoms with van der Waals surface area (Å²) in [6.45, 7) is 0.427. The molecule has 0 spiro atoms. The Kier molecular flexibility index (Phi) is 4.97. The van der Waals surface area contributed by atoms with Gasteiger partial charge in [-0.2, -0.15) is 5.10 Å². The van der Waals surface area contributed by atoms with E-state index in [2.05, 4.69) is 34.7 Å². The highest BCUT2D eigenvalue weighted by molar-refractivity contribution is 5.77. The third kappa shape index (κ3) is 4.06. The molecule has 4 rings (SSSR count). The van der Waals surface area contributed by atoms with Crippen LogP contribution in [0.5, 0.6) is 0 Å². The number of fused-ring (bicyclic) bond motifs is 1. The average molecular weight is 355 g/mol. The van der Waals surface area contributed by atoms with Crippen molar-refractivity contribution in [2.24, 2.45) is 0 Å². The lowest BCUT2D eigenvalue weighted by Crippen LogP contribution is -2.25. The number of nitrogens with zero attached hydrogens (tertiary/aromatic N) is 2. The summed E-state index contributed by atoms with van der Waals surface area (Å²) in [5, 5.41) is 7.50. The maximum absolute atomic E-state index is 12.6. The van der Waals surface area contributed by atoms with E-state index in [4.69, 9.17) is 0 Å². The third-order valence-electron chi connectivity index (χ3n) is 4.68. The van der Waals surface area contributed by atoms with E-state index >= 15 is 0 Å². The fourth-order valence-electron chi connectivity index (χ4n) is 3.32. The molecule has 0 radical (unpaired) electrons. The molecule has 0 aliphatic rings. The zero-order chi connectivity index (χ0) is 18.5. The monoisotopic (exact) mass is 355 g/mol. The first-order valence-corrected chi connectivity index (χ1v) is 9.09. The maximum atomic E-state index is 12.6. The molecule has 0 bridgehead atoms. The van der Waals surface area contributed by atoms with E-state index in [-0.39, 0.29) is 11.8 Å². The number of carbonyl (C=O) groups excluding carboxylic acids is 1. The van der Waals surface area contributed by atoms with E-state index < -0.39 is 0 Å². The molecule has 0 saturated carbocycles. The average Bonchev–Trinajstić information content (AvgIpc) is 3.15. The van der Waals surface area contributed by atoms with Gasteiger partial charge in [0.25, 0.3) is 0 Å². The molecular formula is C23H21N3O. The van der Waals surface area contributed by atoms with Gasteiger partial charge in [-0.1, -0.05) is 66.7 Å². The van der Waals surface area contributed by atoms with Crippen molar-refractivity contribution in [3.63, 3.8) is 0 Å². The Bertz CT molecular complexity index is 953. The number of rotatable bonds is 6. The van der Waals surface area contributed by atoms with Gasteiger partial charge in [0.15, 0.2) is 0 Å². The van der Waals surface area contributed by atoms with Gasteiger partial charge in [-0.25, -0.2) is 4.52 Å². The topological polar surface area (TPSA) is 46.4 Å².